The molecule has 4 nitrogen and oxygen atoms in total. The van der Waals surface area contributed by atoms with Gasteiger partial charge < -0.3 is 19.5 Å². The second kappa shape index (κ2) is 7.66. The van der Waals surface area contributed by atoms with Gasteiger partial charge in [-0.25, -0.2) is 0 Å². The first-order valence-electron chi connectivity index (χ1n) is 7.75. The lowest BCUT2D eigenvalue weighted by molar-refractivity contribution is 0.178. The maximum Gasteiger partial charge on any atom is 0.161 e. The van der Waals surface area contributed by atoms with Crippen LogP contribution in [0, 0.1) is 5.92 Å². The zero-order valence-corrected chi connectivity index (χ0v) is 13.5. The predicted molar refractivity (Wildman–Crippen MR) is 84.0 cm³/mol. The zero-order chi connectivity index (χ0) is 15.2. The van der Waals surface area contributed by atoms with E-state index in [2.05, 4.69) is 18.3 Å². The van der Waals surface area contributed by atoms with Crippen LogP contribution in [0.15, 0.2) is 18.2 Å². The van der Waals surface area contributed by atoms with Crippen molar-refractivity contribution in [3.05, 3.63) is 23.8 Å². The van der Waals surface area contributed by atoms with Crippen molar-refractivity contribution in [1.82, 2.24) is 5.32 Å². The summed E-state index contributed by atoms with van der Waals surface area (Å²) >= 11 is 0. The number of hydrogen-bond acceptors (Lipinski definition) is 4. The molecule has 21 heavy (non-hydrogen) atoms. The molecule has 2 unspecified atom stereocenters. The van der Waals surface area contributed by atoms with Gasteiger partial charge in [-0.1, -0.05) is 6.07 Å². The topological polar surface area (TPSA) is 39.7 Å². The van der Waals surface area contributed by atoms with Gasteiger partial charge in [-0.3, -0.25) is 0 Å². The van der Waals surface area contributed by atoms with Crippen LogP contribution in [0.4, 0.5) is 0 Å². The third kappa shape index (κ3) is 4.61. The summed E-state index contributed by atoms with van der Waals surface area (Å²) in [5.74, 6) is 2.21. The van der Waals surface area contributed by atoms with Crippen LogP contribution < -0.4 is 14.8 Å². The lowest BCUT2D eigenvalue weighted by Crippen LogP contribution is -2.33. The van der Waals surface area contributed by atoms with Gasteiger partial charge in [0.1, 0.15) is 0 Å². The molecule has 0 amide bonds. The Morgan fingerprint density at radius 3 is 2.71 bits per heavy atom. The third-order valence-electron chi connectivity index (χ3n) is 3.89. The molecule has 2 rings (SSSR count). The van der Waals surface area contributed by atoms with Crippen LogP contribution in [0.5, 0.6) is 11.5 Å². The van der Waals surface area contributed by atoms with Crippen molar-refractivity contribution in [3.63, 3.8) is 0 Å². The summed E-state index contributed by atoms with van der Waals surface area (Å²) in [5, 5.41) is 3.58. The average molecular weight is 293 g/mol. The standard InChI is InChI=1S/C17H27NO3/c1-12(2)21-16-6-5-14(9-17(16)19-4)10-18-13(3)15-7-8-20-11-15/h5-6,9,12-13,15,18H,7-8,10-11H2,1-4H3. The Hall–Kier alpha value is -1.26. The monoisotopic (exact) mass is 293 g/mol. The van der Waals surface area contributed by atoms with Crippen molar-refractivity contribution in [3.8, 4) is 11.5 Å². The minimum absolute atomic E-state index is 0.144. The first kappa shape index (κ1) is 16.1. The summed E-state index contributed by atoms with van der Waals surface area (Å²) in [6.45, 7) is 8.85. The largest absolute Gasteiger partial charge is 0.493 e. The van der Waals surface area contributed by atoms with Crippen LogP contribution in [0.1, 0.15) is 32.8 Å². The molecule has 0 spiro atoms. The minimum atomic E-state index is 0.144. The normalized spacial score (nSPS) is 19.8. The maximum atomic E-state index is 5.74. The molecule has 1 aromatic carbocycles. The van der Waals surface area contributed by atoms with E-state index in [4.69, 9.17) is 14.2 Å². The molecule has 118 valence electrons. The highest BCUT2D eigenvalue weighted by atomic mass is 16.5. The molecule has 0 bridgehead atoms. The number of hydrogen-bond donors (Lipinski definition) is 1. The predicted octanol–water partition coefficient (Wildman–Crippen LogP) is 3.00. The van der Waals surface area contributed by atoms with Crippen LogP contribution in [0.3, 0.4) is 0 Å². The molecular weight excluding hydrogens is 266 g/mol. The highest BCUT2D eigenvalue weighted by Crippen LogP contribution is 2.29. The van der Waals surface area contributed by atoms with Crippen molar-refractivity contribution < 1.29 is 14.2 Å². The Morgan fingerprint density at radius 2 is 2.10 bits per heavy atom. The molecule has 1 N–H and O–H groups in total. The van der Waals surface area contributed by atoms with E-state index in [0.29, 0.717) is 12.0 Å². The Morgan fingerprint density at radius 1 is 1.29 bits per heavy atom. The van der Waals surface area contributed by atoms with Gasteiger partial charge in [-0.05, 0) is 50.8 Å². The van der Waals surface area contributed by atoms with Gasteiger partial charge in [0.05, 0.1) is 19.8 Å². The maximum absolute atomic E-state index is 5.74. The van der Waals surface area contributed by atoms with Crippen molar-refractivity contribution in [2.75, 3.05) is 20.3 Å². The van der Waals surface area contributed by atoms with Crippen molar-refractivity contribution in [2.45, 2.75) is 45.9 Å². The smallest absolute Gasteiger partial charge is 0.161 e. The molecule has 2 atom stereocenters. The van der Waals surface area contributed by atoms with Crippen LogP contribution in [-0.2, 0) is 11.3 Å². The first-order valence-corrected chi connectivity index (χ1v) is 7.75. The Kier molecular flexibility index (Phi) is 5.88. The minimum Gasteiger partial charge on any atom is -0.493 e. The number of ether oxygens (including phenoxy) is 3. The summed E-state index contributed by atoms with van der Waals surface area (Å²) in [4.78, 5) is 0. The highest BCUT2D eigenvalue weighted by molar-refractivity contribution is 5.43. The molecule has 1 aliphatic heterocycles. The molecule has 0 aliphatic carbocycles. The molecule has 1 heterocycles. The first-order chi connectivity index (χ1) is 10.1. The van der Waals surface area contributed by atoms with E-state index >= 15 is 0 Å². The fourth-order valence-corrected chi connectivity index (χ4v) is 2.57. The molecular formula is C17H27NO3. The quantitative estimate of drug-likeness (QED) is 0.839. The van der Waals surface area contributed by atoms with Crippen LogP contribution in [0.25, 0.3) is 0 Å². The van der Waals surface area contributed by atoms with E-state index in [1.807, 2.05) is 26.0 Å². The van der Waals surface area contributed by atoms with E-state index in [1.165, 1.54) is 5.56 Å². The van der Waals surface area contributed by atoms with Crippen molar-refractivity contribution in [2.24, 2.45) is 5.92 Å². The van der Waals surface area contributed by atoms with Crippen LogP contribution in [0.2, 0.25) is 0 Å². The van der Waals surface area contributed by atoms with Crippen LogP contribution >= 0.6 is 0 Å². The zero-order valence-electron chi connectivity index (χ0n) is 13.5. The number of methoxy groups -OCH3 is 1. The van der Waals surface area contributed by atoms with Gasteiger partial charge in [0.25, 0.3) is 0 Å². The molecule has 4 heteroatoms. The number of nitrogens with one attached hydrogen (secondary N) is 1. The van der Waals surface area contributed by atoms with Gasteiger partial charge in [-0.2, -0.15) is 0 Å². The lowest BCUT2D eigenvalue weighted by Gasteiger charge is -2.20. The van der Waals surface area contributed by atoms with E-state index in [1.54, 1.807) is 7.11 Å². The summed E-state index contributed by atoms with van der Waals surface area (Å²) < 4.78 is 16.6. The highest BCUT2D eigenvalue weighted by Gasteiger charge is 2.21. The van der Waals surface area contributed by atoms with E-state index in [0.717, 1.165) is 37.7 Å². The fraction of sp³-hybridized carbons (Fsp3) is 0.647. The van der Waals surface area contributed by atoms with E-state index in [9.17, 15) is 0 Å². The number of benzene rings is 1. The Balaban J connectivity index is 1.93. The molecule has 1 aromatic rings. The van der Waals surface area contributed by atoms with Crippen molar-refractivity contribution >= 4 is 0 Å². The molecule has 0 radical (unpaired) electrons. The molecule has 1 fully saturated rings. The number of rotatable bonds is 7. The summed E-state index contributed by atoms with van der Waals surface area (Å²) in [6.07, 6.45) is 1.30. The second-order valence-electron chi connectivity index (χ2n) is 5.95. The molecule has 0 aromatic heterocycles. The second-order valence-corrected chi connectivity index (χ2v) is 5.95. The lowest BCUT2D eigenvalue weighted by atomic mass is 10.0. The average Bonchev–Trinajstić information content (AvgIpc) is 2.99. The SMILES string of the molecule is COc1cc(CNC(C)C2CCOC2)ccc1OC(C)C. The van der Waals surface area contributed by atoms with Crippen molar-refractivity contribution in [1.29, 1.82) is 0 Å². The molecule has 0 saturated carbocycles. The molecule has 1 saturated heterocycles. The molecule has 1 aliphatic rings. The third-order valence-corrected chi connectivity index (χ3v) is 3.89. The summed E-state index contributed by atoms with van der Waals surface area (Å²) in [7, 11) is 1.68. The van der Waals surface area contributed by atoms with Gasteiger partial charge in [-0.15, -0.1) is 0 Å². The van der Waals surface area contributed by atoms with Crippen LogP contribution in [-0.4, -0.2) is 32.5 Å². The Bertz CT molecular complexity index is 442. The van der Waals surface area contributed by atoms with Gasteiger partial charge in [0, 0.05) is 19.2 Å². The fourth-order valence-electron chi connectivity index (χ4n) is 2.57. The summed E-state index contributed by atoms with van der Waals surface area (Å²) in [6, 6.07) is 6.58. The van der Waals surface area contributed by atoms with Gasteiger partial charge in [0.15, 0.2) is 11.5 Å². The Labute approximate surface area is 127 Å². The van der Waals surface area contributed by atoms with Gasteiger partial charge in [0.2, 0.25) is 0 Å². The summed E-state index contributed by atoms with van der Waals surface area (Å²) in [5.41, 5.74) is 1.20. The van der Waals surface area contributed by atoms with Gasteiger partial charge >= 0.3 is 0 Å². The van der Waals surface area contributed by atoms with E-state index < -0.39 is 0 Å². The van der Waals surface area contributed by atoms with E-state index in [-0.39, 0.29) is 6.10 Å².